The van der Waals surface area contributed by atoms with Crippen molar-refractivity contribution in [2.45, 2.75) is 6.54 Å². The molecule has 0 heterocycles. The van der Waals surface area contributed by atoms with Crippen LogP contribution in [0.25, 0.3) is 0 Å². The van der Waals surface area contributed by atoms with Crippen LogP contribution < -0.4 is 16.4 Å². The molecule has 0 saturated heterocycles. The van der Waals surface area contributed by atoms with E-state index in [9.17, 15) is 18.8 Å². The second-order valence-electron chi connectivity index (χ2n) is 4.68. The van der Waals surface area contributed by atoms with Crippen molar-refractivity contribution in [1.29, 1.82) is 0 Å². The number of hydrogen-bond acceptors (Lipinski definition) is 3. The zero-order chi connectivity index (χ0) is 16.8. The Morgan fingerprint density at radius 1 is 1.00 bits per heavy atom. The van der Waals surface area contributed by atoms with Gasteiger partial charge in [-0.15, -0.1) is 0 Å². The summed E-state index contributed by atoms with van der Waals surface area (Å²) in [6.45, 7) is 0.164. The number of benzene rings is 2. The summed E-state index contributed by atoms with van der Waals surface area (Å²) in [5.74, 6) is -3.51. The van der Waals surface area contributed by atoms with E-state index < -0.39 is 23.5 Å². The van der Waals surface area contributed by atoms with Gasteiger partial charge in [-0.25, -0.2) is 4.39 Å². The number of primary amides is 1. The Morgan fingerprint density at radius 3 is 2.35 bits per heavy atom. The monoisotopic (exact) mass is 315 g/mol. The molecule has 7 heteroatoms. The summed E-state index contributed by atoms with van der Waals surface area (Å²) in [6, 6.07) is 12.2. The second-order valence-corrected chi connectivity index (χ2v) is 4.68. The molecular weight excluding hydrogens is 301 g/mol. The number of nitrogens with two attached hydrogens (primary N) is 1. The molecule has 0 atom stereocenters. The highest BCUT2D eigenvalue weighted by molar-refractivity contribution is 6.39. The number of rotatable bonds is 4. The van der Waals surface area contributed by atoms with Crippen LogP contribution in [0.5, 0.6) is 0 Å². The Morgan fingerprint density at radius 2 is 1.70 bits per heavy atom. The number of carbonyl (C=O) groups is 3. The van der Waals surface area contributed by atoms with E-state index in [1.165, 1.54) is 6.07 Å². The quantitative estimate of drug-likeness (QED) is 0.738. The Balaban J connectivity index is 1.99. The molecule has 0 aliphatic carbocycles. The van der Waals surface area contributed by atoms with Crippen molar-refractivity contribution in [2.24, 2.45) is 5.73 Å². The second kappa shape index (κ2) is 7.17. The smallest absolute Gasteiger partial charge is 0.313 e. The van der Waals surface area contributed by atoms with E-state index in [2.05, 4.69) is 10.6 Å². The van der Waals surface area contributed by atoms with Gasteiger partial charge >= 0.3 is 11.8 Å². The van der Waals surface area contributed by atoms with E-state index in [0.717, 1.165) is 17.7 Å². The minimum absolute atomic E-state index is 0.0198. The van der Waals surface area contributed by atoms with E-state index in [1.54, 1.807) is 24.3 Å². The largest absolute Gasteiger partial charge is 0.366 e. The molecule has 0 saturated carbocycles. The molecule has 4 N–H and O–H groups in total. The number of hydrogen-bond donors (Lipinski definition) is 3. The fourth-order valence-corrected chi connectivity index (χ4v) is 1.81. The van der Waals surface area contributed by atoms with Gasteiger partial charge in [0.2, 0.25) is 5.91 Å². The fourth-order valence-electron chi connectivity index (χ4n) is 1.81. The van der Waals surface area contributed by atoms with Gasteiger partial charge in [0.1, 0.15) is 5.82 Å². The minimum Gasteiger partial charge on any atom is -0.366 e. The molecule has 0 aliphatic heterocycles. The molecule has 2 aromatic rings. The number of nitrogens with one attached hydrogen (secondary N) is 2. The normalized spacial score (nSPS) is 9.96. The minimum atomic E-state index is -1.04. The highest BCUT2D eigenvalue weighted by atomic mass is 19.1. The summed E-state index contributed by atoms with van der Waals surface area (Å²) in [7, 11) is 0. The van der Waals surface area contributed by atoms with E-state index in [-0.39, 0.29) is 17.8 Å². The molecule has 0 radical (unpaired) electrons. The molecule has 0 aliphatic rings. The summed E-state index contributed by atoms with van der Waals surface area (Å²) in [6.07, 6.45) is 0. The Hall–Kier alpha value is -3.22. The average molecular weight is 315 g/mol. The van der Waals surface area contributed by atoms with Crippen LogP contribution in [0.4, 0.5) is 10.1 Å². The van der Waals surface area contributed by atoms with Crippen molar-refractivity contribution in [2.75, 3.05) is 5.32 Å². The Bertz CT molecular complexity index is 747. The van der Waals surface area contributed by atoms with Gasteiger partial charge in [0.15, 0.2) is 0 Å². The lowest BCUT2D eigenvalue weighted by Crippen LogP contribution is -2.35. The zero-order valence-corrected chi connectivity index (χ0v) is 12.0. The van der Waals surface area contributed by atoms with E-state index in [4.69, 9.17) is 5.73 Å². The molecule has 0 aromatic heterocycles. The summed E-state index contributed by atoms with van der Waals surface area (Å²) < 4.78 is 13.6. The summed E-state index contributed by atoms with van der Waals surface area (Å²) >= 11 is 0. The Kier molecular flexibility index (Phi) is 5.03. The van der Waals surface area contributed by atoms with Crippen LogP contribution in [0, 0.1) is 5.82 Å². The van der Waals surface area contributed by atoms with Gasteiger partial charge in [-0.1, -0.05) is 30.3 Å². The topological polar surface area (TPSA) is 101 Å². The van der Waals surface area contributed by atoms with Crippen LogP contribution in [0.2, 0.25) is 0 Å². The highest BCUT2D eigenvalue weighted by Gasteiger charge is 2.16. The first-order valence-electron chi connectivity index (χ1n) is 6.70. The van der Waals surface area contributed by atoms with Crippen molar-refractivity contribution in [3.63, 3.8) is 0 Å². The number of halogens is 1. The molecule has 2 aromatic carbocycles. The van der Waals surface area contributed by atoms with Crippen LogP contribution in [-0.2, 0) is 16.1 Å². The molecule has 23 heavy (non-hydrogen) atoms. The average Bonchev–Trinajstić information content (AvgIpc) is 2.55. The lowest BCUT2D eigenvalue weighted by atomic mass is 10.2. The van der Waals surface area contributed by atoms with Gasteiger partial charge in [-0.05, 0) is 23.8 Å². The van der Waals surface area contributed by atoms with Crippen molar-refractivity contribution < 1.29 is 18.8 Å². The molecule has 118 valence electrons. The maximum Gasteiger partial charge on any atom is 0.313 e. The standard InChI is InChI=1S/C16H14FN3O3/c17-12-7-6-11(14(18)21)8-13(12)20-16(23)15(22)19-9-10-4-2-1-3-5-10/h1-8H,9H2,(H2,18,21)(H,19,22)(H,20,23). The van der Waals surface area contributed by atoms with Crippen LogP contribution in [-0.4, -0.2) is 17.7 Å². The maximum absolute atomic E-state index is 13.6. The van der Waals surface area contributed by atoms with Crippen LogP contribution in [0.3, 0.4) is 0 Å². The van der Waals surface area contributed by atoms with E-state index in [0.29, 0.717) is 0 Å². The molecule has 3 amide bonds. The van der Waals surface area contributed by atoms with Gasteiger partial charge in [0.25, 0.3) is 0 Å². The lowest BCUT2D eigenvalue weighted by molar-refractivity contribution is -0.136. The third-order valence-corrected chi connectivity index (χ3v) is 3.00. The lowest BCUT2D eigenvalue weighted by Gasteiger charge is -2.08. The third-order valence-electron chi connectivity index (χ3n) is 3.00. The van der Waals surface area contributed by atoms with Crippen LogP contribution >= 0.6 is 0 Å². The highest BCUT2D eigenvalue weighted by Crippen LogP contribution is 2.15. The molecule has 2 rings (SSSR count). The first-order chi connectivity index (χ1) is 11.0. The number of amides is 3. The van der Waals surface area contributed by atoms with Crippen molar-refractivity contribution in [3.05, 3.63) is 65.5 Å². The first-order valence-corrected chi connectivity index (χ1v) is 6.70. The predicted molar refractivity (Wildman–Crippen MR) is 81.8 cm³/mol. The van der Waals surface area contributed by atoms with Crippen molar-refractivity contribution in [1.82, 2.24) is 5.32 Å². The van der Waals surface area contributed by atoms with E-state index >= 15 is 0 Å². The predicted octanol–water partition coefficient (Wildman–Crippen LogP) is 1.18. The number of carbonyl (C=O) groups excluding carboxylic acids is 3. The van der Waals surface area contributed by atoms with Gasteiger partial charge in [0, 0.05) is 12.1 Å². The molecular formula is C16H14FN3O3. The van der Waals surface area contributed by atoms with Gasteiger partial charge in [0.05, 0.1) is 5.69 Å². The summed E-state index contributed by atoms with van der Waals surface area (Å²) in [5.41, 5.74) is 5.63. The fraction of sp³-hybridized carbons (Fsp3) is 0.0625. The number of anilines is 1. The zero-order valence-electron chi connectivity index (χ0n) is 12.0. The summed E-state index contributed by atoms with van der Waals surface area (Å²) in [4.78, 5) is 34.5. The first kappa shape index (κ1) is 16.2. The van der Waals surface area contributed by atoms with Gasteiger partial charge in [-0.3, -0.25) is 14.4 Å². The third kappa shape index (κ3) is 4.37. The molecule has 0 spiro atoms. The molecule has 0 fully saturated rings. The molecule has 6 nitrogen and oxygen atoms in total. The van der Waals surface area contributed by atoms with Gasteiger partial charge in [-0.2, -0.15) is 0 Å². The van der Waals surface area contributed by atoms with E-state index in [1.807, 2.05) is 6.07 Å². The molecule has 0 unspecified atom stereocenters. The van der Waals surface area contributed by atoms with Crippen LogP contribution in [0.15, 0.2) is 48.5 Å². The Labute approximate surface area is 131 Å². The SMILES string of the molecule is NC(=O)c1ccc(F)c(NC(=O)C(=O)NCc2ccccc2)c1. The van der Waals surface area contributed by atoms with Crippen molar-refractivity contribution >= 4 is 23.4 Å². The maximum atomic E-state index is 13.6. The molecule has 0 bridgehead atoms. The van der Waals surface area contributed by atoms with Crippen molar-refractivity contribution in [3.8, 4) is 0 Å². The van der Waals surface area contributed by atoms with Crippen LogP contribution in [0.1, 0.15) is 15.9 Å². The summed E-state index contributed by atoms with van der Waals surface area (Å²) in [5, 5.41) is 4.52. The van der Waals surface area contributed by atoms with Gasteiger partial charge < -0.3 is 16.4 Å².